The Bertz CT molecular complexity index is 696. The standard InChI is InChI=1S/C9H12FN2O8P/c10-3-2-12(9(16)11-7(3)14)5-1-4(13)6(20-5)8(15)21(17,18)19/h2,4-6,8,13,15H,1H2,(H,11,14,16)(H2,17,18,19)/t4-,5+,6-,8+/m0/s1. The van der Waals surface area contributed by atoms with Gasteiger partial charge in [-0.05, 0) is 0 Å². The van der Waals surface area contributed by atoms with Gasteiger partial charge in [0.25, 0.3) is 5.56 Å². The summed E-state index contributed by atoms with van der Waals surface area (Å²) in [7, 11) is -4.94. The highest BCUT2D eigenvalue weighted by molar-refractivity contribution is 7.52. The van der Waals surface area contributed by atoms with Crippen molar-refractivity contribution in [2.24, 2.45) is 0 Å². The van der Waals surface area contributed by atoms with Gasteiger partial charge in [0.05, 0.1) is 12.3 Å². The Balaban J connectivity index is 2.30. The van der Waals surface area contributed by atoms with E-state index in [1.165, 1.54) is 0 Å². The number of aromatic nitrogens is 2. The fourth-order valence-electron chi connectivity index (χ4n) is 1.98. The van der Waals surface area contributed by atoms with E-state index < -0.39 is 48.9 Å². The molecule has 2 rings (SSSR count). The fraction of sp³-hybridized carbons (Fsp3) is 0.556. The first-order valence-electron chi connectivity index (χ1n) is 5.69. The number of H-pyrrole nitrogens is 1. The lowest BCUT2D eigenvalue weighted by Crippen LogP contribution is -2.35. The zero-order valence-corrected chi connectivity index (χ0v) is 11.2. The number of hydrogen-bond acceptors (Lipinski definition) is 6. The molecule has 1 fully saturated rings. The molecule has 118 valence electrons. The minimum absolute atomic E-state index is 0.326. The number of halogens is 1. The topological polar surface area (TPSA) is 162 Å². The predicted octanol–water partition coefficient (Wildman–Crippen LogP) is -2.18. The zero-order valence-electron chi connectivity index (χ0n) is 10.3. The number of aromatic amines is 1. The average Bonchev–Trinajstić information content (AvgIpc) is 2.73. The molecule has 21 heavy (non-hydrogen) atoms. The number of aliphatic hydroxyl groups excluding tert-OH is 2. The Morgan fingerprint density at radius 3 is 2.67 bits per heavy atom. The van der Waals surface area contributed by atoms with Crippen LogP contribution in [0.1, 0.15) is 12.6 Å². The Labute approximate surface area is 115 Å². The average molecular weight is 326 g/mol. The van der Waals surface area contributed by atoms with Crippen molar-refractivity contribution in [1.29, 1.82) is 0 Å². The van der Waals surface area contributed by atoms with Gasteiger partial charge in [0.1, 0.15) is 12.3 Å². The van der Waals surface area contributed by atoms with E-state index in [4.69, 9.17) is 14.5 Å². The number of rotatable bonds is 3. The summed E-state index contributed by atoms with van der Waals surface area (Å²) in [5, 5.41) is 19.1. The second-order valence-electron chi connectivity index (χ2n) is 4.50. The molecule has 1 saturated heterocycles. The van der Waals surface area contributed by atoms with E-state index in [1.807, 2.05) is 0 Å². The van der Waals surface area contributed by atoms with Gasteiger partial charge < -0.3 is 24.7 Å². The minimum atomic E-state index is -4.94. The van der Waals surface area contributed by atoms with E-state index >= 15 is 0 Å². The van der Waals surface area contributed by atoms with Gasteiger partial charge in [0, 0.05) is 6.42 Å². The molecule has 2 heterocycles. The van der Waals surface area contributed by atoms with Gasteiger partial charge in [0.2, 0.25) is 5.82 Å². The van der Waals surface area contributed by atoms with Gasteiger partial charge in [-0.15, -0.1) is 0 Å². The molecule has 1 aliphatic rings. The highest BCUT2D eigenvalue weighted by Crippen LogP contribution is 2.46. The number of nitrogens with one attached hydrogen (secondary N) is 1. The van der Waals surface area contributed by atoms with Gasteiger partial charge in [-0.3, -0.25) is 18.9 Å². The minimum Gasteiger partial charge on any atom is -0.390 e. The van der Waals surface area contributed by atoms with Crippen LogP contribution in [0.25, 0.3) is 0 Å². The predicted molar refractivity (Wildman–Crippen MR) is 63.9 cm³/mol. The van der Waals surface area contributed by atoms with Crippen molar-refractivity contribution >= 4 is 7.60 Å². The number of ether oxygens (including phenoxy) is 1. The smallest absolute Gasteiger partial charge is 0.356 e. The highest BCUT2D eigenvalue weighted by atomic mass is 31.2. The van der Waals surface area contributed by atoms with Crippen LogP contribution in [0.4, 0.5) is 4.39 Å². The van der Waals surface area contributed by atoms with Crippen LogP contribution in [-0.4, -0.2) is 47.6 Å². The summed E-state index contributed by atoms with van der Waals surface area (Å²) >= 11 is 0. The largest absolute Gasteiger partial charge is 0.390 e. The summed E-state index contributed by atoms with van der Waals surface area (Å²) < 4.78 is 29.7. The Kier molecular flexibility index (Phi) is 4.15. The van der Waals surface area contributed by atoms with Crippen LogP contribution in [0, 0.1) is 5.82 Å². The van der Waals surface area contributed by atoms with Gasteiger partial charge in [-0.25, -0.2) is 4.79 Å². The van der Waals surface area contributed by atoms with Crippen LogP contribution in [0.15, 0.2) is 15.8 Å². The molecule has 0 saturated carbocycles. The molecule has 0 aromatic carbocycles. The zero-order chi connectivity index (χ0) is 15.9. The van der Waals surface area contributed by atoms with Crippen LogP contribution in [0.2, 0.25) is 0 Å². The second-order valence-corrected chi connectivity index (χ2v) is 6.21. The molecule has 1 aliphatic heterocycles. The van der Waals surface area contributed by atoms with E-state index in [0.717, 1.165) is 0 Å². The van der Waals surface area contributed by atoms with E-state index in [2.05, 4.69) is 0 Å². The lowest BCUT2D eigenvalue weighted by atomic mass is 10.2. The van der Waals surface area contributed by atoms with E-state index in [-0.39, 0.29) is 6.42 Å². The van der Waals surface area contributed by atoms with Gasteiger partial charge in [0.15, 0.2) is 5.85 Å². The van der Waals surface area contributed by atoms with E-state index in [1.54, 1.807) is 4.98 Å². The van der Waals surface area contributed by atoms with Crippen molar-refractivity contribution in [3.05, 3.63) is 32.9 Å². The SMILES string of the molecule is O=c1[nH]c(=O)n([C@H]2C[C@H](O)[C@@H]([C@H](O)P(=O)(O)O)O2)cc1F. The third-order valence-electron chi connectivity index (χ3n) is 3.01. The summed E-state index contributed by atoms with van der Waals surface area (Å²) in [5.74, 6) is -3.56. The lowest BCUT2D eigenvalue weighted by molar-refractivity contribution is -0.0647. The summed E-state index contributed by atoms with van der Waals surface area (Å²) in [6.07, 6.45) is -4.21. The summed E-state index contributed by atoms with van der Waals surface area (Å²) in [4.78, 5) is 41.8. The van der Waals surface area contributed by atoms with Gasteiger partial charge in [-0.1, -0.05) is 0 Å². The second kappa shape index (κ2) is 5.44. The van der Waals surface area contributed by atoms with Crippen molar-refractivity contribution in [2.75, 3.05) is 0 Å². The maximum absolute atomic E-state index is 13.2. The van der Waals surface area contributed by atoms with Crippen LogP contribution >= 0.6 is 7.60 Å². The van der Waals surface area contributed by atoms with Gasteiger partial charge in [-0.2, -0.15) is 4.39 Å². The maximum atomic E-state index is 13.2. The quantitative estimate of drug-likeness (QED) is 0.392. The molecule has 10 nitrogen and oxygen atoms in total. The Morgan fingerprint density at radius 1 is 1.48 bits per heavy atom. The highest BCUT2D eigenvalue weighted by Gasteiger charge is 2.46. The molecule has 0 spiro atoms. The number of nitrogens with zero attached hydrogens (tertiary/aromatic N) is 1. The van der Waals surface area contributed by atoms with Crippen LogP contribution in [0.3, 0.4) is 0 Å². The molecule has 1 aromatic rings. The normalized spacial score (nSPS) is 27.8. The summed E-state index contributed by atoms with van der Waals surface area (Å²) in [6.45, 7) is 0. The number of hydrogen-bond donors (Lipinski definition) is 5. The molecule has 0 bridgehead atoms. The molecule has 0 radical (unpaired) electrons. The molecule has 4 atom stereocenters. The fourth-order valence-corrected chi connectivity index (χ4v) is 2.63. The van der Waals surface area contributed by atoms with Crippen molar-refractivity contribution in [3.63, 3.8) is 0 Å². The molecular formula is C9H12FN2O8P. The summed E-state index contributed by atoms with van der Waals surface area (Å²) in [5.41, 5.74) is -2.26. The Morgan fingerprint density at radius 2 is 2.10 bits per heavy atom. The van der Waals surface area contributed by atoms with Crippen molar-refractivity contribution < 1.29 is 33.7 Å². The third kappa shape index (κ3) is 3.12. The van der Waals surface area contributed by atoms with E-state index in [0.29, 0.717) is 10.8 Å². The third-order valence-corrected chi connectivity index (χ3v) is 3.99. The molecular weight excluding hydrogens is 314 g/mol. The molecule has 0 unspecified atom stereocenters. The maximum Gasteiger partial charge on any atom is 0.356 e. The molecule has 0 aliphatic carbocycles. The van der Waals surface area contributed by atoms with Gasteiger partial charge >= 0.3 is 13.3 Å². The number of aliphatic hydroxyl groups is 2. The van der Waals surface area contributed by atoms with Crippen LogP contribution in [-0.2, 0) is 9.30 Å². The Hall–Kier alpha value is -1.36. The van der Waals surface area contributed by atoms with Crippen molar-refractivity contribution in [2.45, 2.75) is 30.7 Å². The monoisotopic (exact) mass is 326 g/mol. The van der Waals surface area contributed by atoms with Crippen LogP contribution in [0.5, 0.6) is 0 Å². The first kappa shape index (κ1) is 16.0. The van der Waals surface area contributed by atoms with Crippen molar-refractivity contribution in [3.8, 4) is 0 Å². The lowest BCUT2D eigenvalue weighted by Gasteiger charge is -2.21. The molecule has 1 aromatic heterocycles. The molecule has 12 heteroatoms. The first-order valence-corrected chi connectivity index (χ1v) is 7.37. The van der Waals surface area contributed by atoms with E-state index in [9.17, 15) is 28.8 Å². The van der Waals surface area contributed by atoms with Crippen molar-refractivity contribution in [1.82, 2.24) is 9.55 Å². The summed E-state index contributed by atoms with van der Waals surface area (Å²) in [6, 6.07) is 0. The molecule has 0 amide bonds. The molecule has 5 N–H and O–H groups in total. The first-order chi connectivity index (χ1) is 9.61. The van der Waals surface area contributed by atoms with Crippen LogP contribution < -0.4 is 11.2 Å².